The van der Waals surface area contributed by atoms with Gasteiger partial charge in [-0.05, 0) is 49.1 Å². The number of piperidine rings is 1. The van der Waals surface area contributed by atoms with Crippen molar-refractivity contribution in [3.63, 3.8) is 0 Å². The van der Waals surface area contributed by atoms with Crippen LogP contribution in [0, 0.1) is 5.92 Å². The van der Waals surface area contributed by atoms with Gasteiger partial charge in [0.15, 0.2) is 11.5 Å². The summed E-state index contributed by atoms with van der Waals surface area (Å²) in [5.74, 6) is 1.76. The molecule has 0 bridgehead atoms. The van der Waals surface area contributed by atoms with E-state index in [1.54, 1.807) is 7.11 Å². The number of benzene rings is 2. The third-order valence-electron chi connectivity index (χ3n) is 6.17. The zero-order chi connectivity index (χ0) is 18.7. The van der Waals surface area contributed by atoms with E-state index in [9.17, 15) is 5.11 Å². The van der Waals surface area contributed by atoms with E-state index >= 15 is 0 Å². The number of hydrogen-bond acceptors (Lipinski definition) is 4. The van der Waals surface area contributed by atoms with E-state index in [0.29, 0.717) is 6.61 Å². The fraction of sp³-hybridized carbons (Fsp3) is 0.478. The Labute approximate surface area is 161 Å². The lowest BCUT2D eigenvalue weighted by atomic mass is 9.67. The van der Waals surface area contributed by atoms with Crippen molar-refractivity contribution >= 4 is 0 Å². The molecule has 2 aliphatic rings. The molecule has 0 spiro atoms. The molecule has 27 heavy (non-hydrogen) atoms. The Morgan fingerprint density at radius 2 is 1.93 bits per heavy atom. The van der Waals surface area contributed by atoms with Crippen LogP contribution in [0.3, 0.4) is 0 Å². The Balaban J connectivity index is 1.53. The third kappa shape index (κ3) is 3.83. The van der Waals surface area contributed by atoms with Crippen LogP contribution in [0.4, 0.5) is 0 Å². The molecule has 1 saturated heterocycles. The first kappa shape index (κ1) is 18.3. The average Bonchev–Trinajstić information content (AvgIpc) is 2.72. The van der Waals surface area contributed by atoms with E-state index in [0.717, 1.165) is 49.3 Å². The smallest absolute Gasteiger partial charge is 0.161 e. The Kier molecular flexibility index (Phi) is 5.37. The van der Waals surface area contributed by atoms with Crippen molar-refractivity contribution in [2.24, 2.45) is 5.92 Å². The van der Waals surface area contributed by atoms with E-state index < -0.39 is 5.60 Å². The van der Waals surface area contributed by atoms with Crippen LogP contribution in [-0.2, 0) is 6.61 Å². The van der Waals surface area contributed by atoms with E-state index in [-0.39, 0.29) is 12.0 Å². The first-order valence-corrected chi connectivity index (χ1v) is 10.00. The van der Waals surface area contributed by atoms with Crippen LogP contribution in [0.5, 0.6) is 11.5 Å². The normalized spacial score (nSPS) is 27.6. The Morgan fingerprint density at radius 1 is 1.07 bits per heavy atom. The molecule has 0 radical (unpaired) electrons. The number of ether oxygens (including phenoxy) is 2. The van der Waals surface area contributed by atoms with Gasteiger partial charge in [-0.25, -0.2) is 0 Å². The summed E-state index contributed by atoms with van der Waals surface area (Å²) >= 11 is 0. The van der Waals surface area contributed by atoms with Crippen molar-refractivity contribution in [3.8, 4) is 11.5 Å². The minimum Gasteiger partial charge on any atom is -0.493 e. The molecule has 2 N–H and O–H groups in total. The predicted octanol–water partition coefficient (Wildman–Crippen LogP) is 4.23. The highest BCUT2D eigenvalue weighted by molar-refractivity contribution is 5.44. The molecule has 1 aliphatic heterocycles. The number of fused-ring (bicyclic) bond motifs is 1. The van der Waals surface area contributed by atoms with Crippen LogP contribution < -0.4 is 14.8 Å². The summed E-state index contributed by atoms with van der Waals surface area (Å²) in [6.07, 6.45) is 5.17. The van der Waals surface area contributed by atoms with E-state index in [4.69, 9.17) is 9.47 Å². The van der Waals surface area contributed by atoms with Crippen molar-refractivity contribution in [2.75, 3.05) is 13.7 Å². The molecule has 2 fully saturated rings. The molecule has 0 amide bonds. The quantitative estimate of drug-likeness (QED) is 0.830. The molecule has 2 aromatic carbocycles. The second-order valence-corrected chi connectivity index (χ2v) is 7.82. The second kappa shape index (κ2) is 7.91. The summed E-state index contributed by atoms with van der Waals surface area (Å²) < 4.78 is 11.6. The molecule has 1 saturated carbocycles. The third-order valence-corrected chi connectivity index (χ3v) is 6.17. The highest BCUT2D eigenvalue weighted by Gasteiger charge is 2.45. The van der Waals surface area contributed by atoms with Crippen molar-refractivity contribution in [1.29, 1.82) is 0 Å². The van der Waals surface area contributed by atoms with E-state index in [2.05, 4.69) is 29.6 Å². The summed E-state index contributed by atoms with van der Waals surface area (Å²) in [6, 6.07) is 16.5. The molecule has 4 rings (SSSR count). The van der Waals surface area contributed by atoms with Gasteiger partial charge in [0.1, 0.15) is 6.61 Å². The first-order valence-electron chi connectivity index (χ1n) is 10.00. The molecule has 2 aromatic rings. The van der Waals surface area contributed by atoms with Gasteiger partial charge in [0.05, 0.1) is 12.7 Å². The van der Waals surface area contributed by atoms with Crippen LogP contribution in [0.15, 0.2) is 48.5 Å². The Hall–Kier alpha value is -2.04. The largest absolute Gasteiger partial charge is 0.493 e. The Bertz CT molecular complexity index is 759. The van der Waals surface area contributed by atoms with Crippen LogP contribution in [0.1, 0.15) is 49.3 Å². The molecular formula is C23H29NO3. The minimum atomic E-state index is -0.524. The maximum Gasteiger partial charge on any atom is 0.161 e. The SMILES string of the molecule is COc1cc([C@H]2NCC[C@]3(O)CCCC[C@@H]23)ccc1OCc1ccccc1. The zero-order valence-electron chi connectivity index (χ0n) is 16.0. The summed E-state index contributed by atoms with van der Waals surface area (Å²) in [5, 5.41) is 14.8. The van der Waals surface area contributed by atoms with Crippen LogP contribution in [0.2, 0.25) is 0 Å². The van der Waals surface area contributed by atoms with Gasteiger partial charge < -0.3 is 19.9 Å². The fourth-order valence-corrected chi connectivity index (χ4v) is 4.71. The second-order valence-electron chi connectivity index (χ2n) is 7.82. The lowest BCUT2D eigenvalue weighted by Crippen LogP contribution is -2.53. The van der Waals surface area contributed by atoms with Gasteiger partial charge in [-0.3, -0.25) is 0 Å². The van der Waals surface area contributed by atoms with Gasteiger partial charge in [0.25, 0.3) is 0 Å². The average molecular weight is 367 g/mol. The molecule has 0 unspecified atom stereocenters. The Morgan fingerprint density at radius 3 is 2.74 bits per heavy atom. The molecular weight excluding hydrogens is 338 g/mol. The van der Waals surface area contributed by atoms with Crippen LogP contribution in [0.25, 0.3) is 0 Å². The van der Waals surface area contributed by atoms with Gasteiger partial charge in [0.2, 0.25) is 0 Å². The lowest BCUT2D eigenvalue weighted by Gasteiger charge is -2.48. The molecule has 0 aromatic heterocycles. The fourth-order valence-electron chi connectivity index (χ4n) is 4.71. The standard InChI is InChI=1S/C23H29NO3/c1-26-21-15-18(10-11-20(21)27-16-17-7-3-2-4-8-17)22-19-9-5-6-12-23(19,25)13-14-24-22/h2-4,7-8,10-11,15,19,22,24-25H,5-6,9,12-14,16H2,1H3/t19-,22+,23+/m0/s1. The van der Waals surface area contributed by atoms with Crippen LogP contribution in [-0.4, -0.2) is 24.4 Å². The predicted molar refractivity (Wildman–Crippen MR) is 106 cm³/mol. The van der Waals surface area contributed by atoms with E-state index in [1.807, 2.05) is 24.3 Å². The van der Waals surface area contributed by atoms with E-state index in [1.165, 1.54) is 12.0 Å². The van der Waals surface area contributed by atoms with Gasteiger partial charge in [-0.1, -0.05) is 49.2 Å². The topological polar surface area (TPSA) is 50.7 Å². The maximum absolute atomic E-state index is 11.1. The summed E-state index contributed by atoms with van der Waals surface area (Å²) in [6.45, 7) is 1.37. The number of nitrogens with one attached hydrogen (secondary N) is 1. The van der Waals surface area contributed by atoms with Crippen molar-refractivity contribution in [1.82, 2.24) is 5.32 Å². The lowest BCUT2D eigenvalue weighted by molar-refractivity contribution is -0.0861. The number of rotatable bonds is 5. The number of hydrogen-bond donors (Lipinski definition) is 2. The molecule has 4 heteroatoms. The maximum atomic E-state index is 11.1. The van der Waals surface area contributed by atoms with Gasteiger partial charge in [0, 0.05) is 12.0 Å². The van der Waals surface area contributed by atoms with Crippen molar-refractivity contribution in [3.05, 3.63) is 59.7 Å². The van der Waals surface area contributed by atoms with Crippen molar-refractivity contribution < 1.29 is 14.6 Å². The molecule has 144 valence electrons. The minimum absolute atomic E-state index is 0.168. The monoisotopic (exact) mass is 367 g/mol. The molecule has 4 nitrogen and oxygen atoms in total. The highest BCUT2D eigenvalue weighted by Crippen LogP contribution is 2.46. The summed E-state index contributed by atoms with van der Waals surface area (Å²) in [7, 11) is 1.68. The molecule has 3 atom stereocenters. The molecule has 1 heterocycles. The van der Waals surface area contributed by atoms with Crippen molar-refractivity contribution in [2.45, 2.75) is 50.4 Å². The van der Waals surface area contributed by atoms with Gasteiger partial charge >= 0.3 is 0 Å². The number of aliphatic hydroxyl groups is 1. The first-order chi connectivity index (χ1) is 13.2. The van der Waals surface area contributed by atoms with Crippen LogP contribution >= 0.6 is 0 Å². The summed E-state index contributed by atoms with van der Waals surface area (Å²) in [4.78, 5) is 0. The number of methoxy groups -OCH3 is 1. The zero-order valence-corrected chi connectivity index (χ0v) is 16.0. The molecule has 1 aliphatic carbocycles. The summed E-state index contributed by atoms with van der Waals surface area (Å²) in [5.41, 5.74) is 1.78. The highest BCUT2D eigenvalue weighted by atomic mass is 16.5. The van der Waals surface area contributed by atoms with Gasteiger partial charge in [-0.2, -0.15) is 0 Å². The van der Waals surface area contributed by atoms with Gasteiger partial charge in [-0.15, -0.1) is 0 Å².